The maximum Gasteiger partial charge on any atom is 0.227 e. The van der Waals surface area contributed by atoms with Gasteiger partial charge in [0.25, 0.3) is 0 Å². The van der Waals surface area contributed by atoms with Crippen LogP contribution in [0.25, 0.3) is 11.4 Å². The molecular formula is C17H12Cl2FN3O2. The van der Waals surface area contributed by atoms with Crippen LogP contribution in [-0.2, 0) is 11.2 Å². The maximum atomic E-state index is 12.9. The van der Waals surface area contributed by atoms with Gasteiger partial charge in [-0.3, -0.25) is 4.79 Å². The molecule has 0 atom stereocenters. The Hall–Kier alpha value is -2.44. The van der Waals surface area contributed by atoms with E-state index in [9.17, 15) is 9.18 Å². The van der Waals surface area contributed by atoms with Crippen LogP contribution in [0.15, 0.2) is 47.0 Å². The Morgan fingerprint density at radius 3 is 2.64 bits per heavy atom. The highest BCUT2D eigenvalue weighted by atomic mass is 35.5. The summed E-state index contributed by atoms with van der Waals surface area (Å²) in [5.41, 5.74) is 1.11. The lowest BCUT2D eigenvalue weighted by atomic mass is 10.2. The first-order valence-corrected chi connectivity index (χ1v) is 8.10. The molecule has 0 spiro atoms. The molecule has 0 bridgehead atoms. The molecule has 2 aromatic carbocycles. The number of nitrogens with one attached hydrogen (secondary N) is 1. The Bertz CT molecular complexity index is 897. The molecule has 8 heteroatoms. The van der Waals surface area contributed by atoms with Crippen molar-refractivity contribution in [2.75, 3.05) is 5.32 Å². The van der Waals surface area contributed by atoms with Gasteiger partial charge >= 0.3 is 0 Å². The van der Waals surface area contributed by atoms with Crippen LogP contribution in [0.2, 0.25) is 10.0 Å². The number of carbonyl (C=O) groups excluding carboxylic acids is 1. The van der Waals surface area contributed by atoms with Crippen LogP contribution >= 0.6 is 23.2 Å². The van der Waals surface area contributed by atoms with E-state index in [4.69, 9.17) is 27.7 Å². The molecule has 1 N–H and O–H groups in total. The SMILES string of the molecule is O=C(CCc1nc(-c2ccc(F)cc2)no1)Nc1ccc(Cl)cc1Cl. The van der Waals surface area contributed by atoms with Crippen LogP contribution in [0, 0.1) is 5.82 Å². The zero-order valence-corrected chi connectivity index (χ0v) is 14.3. The molecule has 1 amide bonds. The van der Waals surface area contributed by atoms with Crippen LogP contribution in [0.4, 0.5) is 10.1 Å². The normalized spacial score (nSPS) is 10.7. The number of carbonyl (C=O) groups is 1. The van der Waals surface area contributed by atoms with E-state index in [0.29, 0.717) is 33.0 Å². The topological polar surface area (TPSA) is 68.0 Å². The van der Waals surface area contributed by atoms with Gasteiger partial charge in [-0.15, -0.1) is 0 Å². The number of benzene rings is 2. The summed E-state index contributed by atoms with van der Waals surface area (Å²) in [6.07, 6.45) is 0.412. The molecule has 1 aromatic heterocycles. The molecule has 0 aliphatic heterocycles. The van der Waals surface area contributed by atoms with Crippen LogP contribution in [0.3, 0.4) is 0 Å². The van der Waals surface area contributed by atoms with Gasteiger partial charge in [-0.1, -0.05) is 28.4 Å². The van der Waals surface area contributed by atoms with Crippen molar-refractivity contribution in [1.82, 2.24) is 10.1 Å². The fourth-order valence-electron chi connectivity index (χ4n) is 2.10. The van der Waals surface area contributed by atoms with Gasteiger partial charge in [0.1, 0.15) is 5.82 Å². The summed E-state index contributed by atoms with van der Waals surface area (Å²) in [6.45, 7) is 0. The Morgan fingerprint density at radius 2 is 1.92 bits per heavy atom. The summed E-state index contributed by atoms with van der Waals surface area (Å²) in [7, 11) is 0. The highest BCUT2D eigenvalue weighted by Crippen LogP contribution is 2.25. The minimum atomic E-state index is -0.343. The molecule has 0 radical (unpaired) electrons. The summed E-state index contributed by atoms with van der Waals surface area (Å²) >= 11 is 11.8. The summed E-state index contributed by atoms with van der Waals surface area (Å²) in [6, 6.07) is 10.5. The van der Waals surface area contributed by atoms with Crippen molar-refractivity contribution < 1.29 is 13.7 Å². The zero-order valence-electron chi connectivity index (χ0n) is 12.8. The predicted octanol–water partition coefficient (Wildman–Crippen LogP) is 4.75. The largest absolute Gasteiger partial charge is 0.339 e. The zero-order chi connectivity index (χ0) is 17.8. The van der Waals surface area contributed by atoms with Gasteiger partial charge in [-0.2, -0.15) is 4.98 Å². The van der Waals surface area contributed by atoms with E-state index in [1.807, 2.05) is 0 Å². The van der Waals surface area contributed by atoms with E-state index >= 15 is 0 Å². The van der Waals surface area contributed by atoms with Crippen LogP contribution < -0.4 is 5.32 Å². The first-order valence-electron chi connectivity index (χ1n) is 7.35. The average Bonchev–Trinajstić information content (AvgIpc) is 3.05. The van der Waals surface area contributed by atoms with Gasteiger partial charge in [0.2, 0.25) is 17.6 Å². The van der Waals surface area contributed by atoms with E-state index in [1.54, 1.807) is 30.3 Å². The highest BCUT2D eigenvalue weighted by molar-refractivity contribution is 6.36. The minimum Gasteiger partial charge on any atom is -0.339 e. The van der Waals surface area contributed by atoms with Gasteiger partial charge in [0, 0.05) is 23.4 Å². The lowest BCUT2D eigenvalue weighted by Crippen LogP contribution is -2.12. The fraction of sp³-hybridized carbons (Fsp3) is 0.118. The maximum absolute atomic E-state index is 12.9. The average molecular weight is 380 g/mol. The number of nitrogens with zero attached hydrogens (tertiary/aromatic N) is 2. The Labute approximate surface area is 152 Å². The van der Waals surface area contributed by atoms with Gasteiger partial charge in [-0.25, -0.2) is 4.39 Å². The minimum absolute atomic E-state index is 0.143. The molecule has 0 saturated heterocycles. The van der Waals surface area contributed by atoms with Gasteiger partial charge in [0.15, 0.2) is 0 Å². The number of aryl methyl sites for hydroxylation is 1. The first kappa shape index (κ1) is 17.4. The van der Waals surface area contributed by atoms with E-state index < -0.39 is 0 Å². The number of rotatable bonds is 5. The third-order valence-electron chi connectivity index (χ3n) is 3.34. The van der Waals surface area contributed by atoms with Crippen molar-refractivity contribution in [2.24, 2.45) is 0 Å². The van der Waals surface area contributed by atoms with Gasteiger partial charge < -0.3 is 9.84 Å². The van der Waals surface area contributed by atoms with Crippen LogP contribution in [0.5, 0.6) is 0 Å². The lowest BCUT2D eigenvalue weighted by molar-refractivity contribution is -0.116. The highest BCUT2D eigenvalue weighted by Gasteiger charge is 2.12. The Kier molecular flexibility index (Phi) is 5.31. The molecule has 0 aliphatic rings. The molecule has 0 aliphatic carbocycles. The summed E-state index contributed by atoms with van der Waals surface area (Å²) in [5, 5.41) is 7.36. The summed E-state index contributed by atoms with van der Waals surface area (Å²) in [5.74, 6) is 0.0728. The predicted molar refractivity (Wildman–Crippen MR) is 93.1 cm³/mol. The van der Waals surface area contributed by atoms with Gasteiger partial charge in [0.05, 0.1) is 10.7 Å². The van der Waals surface area contributed by atoms with Crippen LogP contribution in [-0.4, -0.2) is 16.0 Å². The number of anilines is 1. The van der Waals surface area contributed by atoms with Crippen molar-refractivity contribution in [1.29, 1.82) is 0 Å². The molecule has 3 aromatic rings. The molecule has 25 heavy (non-hydrogen) atoms. The van der Waals surface area contributed by atoms with Crippen molar-refractivity contribution in [2.45, 2.75) is 12.8 Å². The fourth-order valence-corrected chi connectivity index (χ4v) is 2.55. The summed E-state index contributed by atoms with van der Waals surface area (Å²) in [4.78, 5) is 16.2. The number of aromatic nitrogens is 2. The number of amides is 1. The second-order valence-electron chi connectivity index (χ2n) is 5.19. The van der Waals surface area contributed by atoms with Crippen molar-refractivity contribution in [3.05, 3.63) is 64.2 Å². The number of hydrogen-bond donors (Lipinski definition) is 1. The molecular weight excluding hydrogens is 368 g/mol. The standard InChI is InChI=1S/C17H12Cl2FN3O2/c18-11-3-6-14(13(19)9-11)21-15(24)7-8-16-22-17(23-25-16)10-1-4-12(20)5-2-10/h1-6,9H,7-8H2,(H,21,24). The molecule has 3 rings (SSSR count). The van der Waals surface area contributed by atoms with E-state index in [-0.39, 0.29) is 24.6 Å². The smallest absolute Gasteiger partial charge is 0.227 e. The second kappa shape index (κ2) is 7.63. The summed E-state index contributed by atoms with van der Waals surface area (Å²) < 4.78 is 18.0. The second-order valence-corrected chi connectivity index (χ2v) is 6.03. The Balaban J connectivity index is 1.58. The van der Waals surface area contributed by atoms with Crippen molar-refractivity contribution in [3.8, 4) is 11.4 Å². The lowest BCUT2D eigenvalue weighted by Gasteiger charge is -2.06. The van der Waals surface area contributed by atoms with Gasteiger partial charge in [-0.05, 0) is 42.5 Å². The number of hydrogen-bond acceptors (Lipinski definition) is 4. The molecule has 0 fully saturated rings. The molecule has 1 heterocycles. The monoisotopic (exact) mass is 379 g/mol. The molecule has 0 unspecified atom stereocenters. The first-order chi connectivity index (χ1) is 12.0. The third kappa shape index (κ3) is 4.55. The van der Waals surface area contributed by atoms with Crippen molar-refractivity contribution >= 4 is 34.8 Å². The van der Waals surface area contributed by atoms with E-state index in [2.05, 4.69) is 15.5 Å². The van der Waals surface area contributed by atoms with Crippen LogP contribution in [0.1, 0.15) is 12.3 Å². The third-order valence-corrected chi connectivity index (χ3v) is 3.89. The quantitative estimate of drug-likeness (QED) is 0.694. The van der Waals surface area contributed by atoms with E-state index in [0.717, 1.165) is 0 Å². The van der Waals surface area contributed by atoms with Crippen molar-refractivity contribution in [3.63, 3.8) is 0 Å². The number of halogens is 3. The Morgan fingerprint density at radius 1 is 1.16 bits per heavy atom. The molecule has 0 saturated carbocycles. The molecule has 5 nitrogen and oxygen atoms in total. The molecule has 128 valence electrons. The van der Waals surface area contributed by atoms with E-state index in [1.165, 1.54) is 12.1 Å².